The summed E-state index contributed by atoms with van der Waals surface area (Å²) in [5.41, 5.74) is 0.757. The van der Waals surface area contributed by atoms with Crippen LogP contribution in [0.1, 0.15) is 17.4 Å². The highest BCUT2D eigenvalue weighted by Crippen LogP contribution is 2.34. The van der Waals surface area contributed by atoms with E-state index in [4.69, 9.17) is 27.9 Å². The summed E-state index contributed by atoms with van der Waals surface area (Å²) in [6.45, 7) is 0. The zero-order valence-electron chi connectivity index (χ0n) is 9.47. The summed E-state index contributed by atoms with van der Waals surface area (Å²) < 4.78 is 5.05. The SMILES string of the molecule is COc1nccnc1C(O)c1cccc(Cl)c1Cl. The molecule has 0 aliphatic heterocycles. The van der Waals surface area contributed by atoms with Crippen molar-refractivity contribution in [3.63, 3.8) is 0 Å². The molecule has 0 bridgehead atoms. The minimum atomic E-state index is -1.04. The molecule has 0 spiro atoms. The lowest BCUT2D eigenvalue weighted by molar-refractivity contribution is 0.207. The number of aromatic nitrogens is 2. The summed E-state index contributed by atoms with van der Waals surface area (Å²) in [7, 11) is 1.46. The van der Waals surface area contributed by atoms with Crippen molar-refractivity contribution in [3.8, 4) is 5.88 Å². The Hall–Kier alpha value is -1.36. The van der Waals surface area contributed by atoms with E-state index in [1.165, 1.54) is 19.5 Å². The Balaban J connectivity index is 2.48. The van der Waals surface area contributed by atoms with Crippen molar-refractivity contribution < 1.29 is 9.84 Å². The van der Waals surface area contributed by atoms with Gasteiger partial charge >= 0.3 is 0 Å². The van der Waals surface area contributed by atoms with Crippen molar-refractivity contribution in [1.29, 1.82) is 0 Å². The van der Waals surface area contributed by atoms with Crippen molar-refractivity contribution in [1.82, 2.24) is 9.97 Å². The molecule has 1 aromatic carbocycles. The molecule has 0 amide bonds. The molecule has 1 aromatic heterocycles. The molecule has 2 rings (SSSR count). The first kappa shape index (κ1) is 13.1. The molecule has 1 atom stereocenters. The third kappa shape index (κ3) is 2.41. The number of hydrogen-bond donors (Lipinski definition) is 1. The van der Waals surface area contributed by atoms with E-state index < -0.39 is 6.10 Å². The number of benzene rings is 1. The van der Waals surface area contributed by atoms with Crippen LogP contribution in [0, 0.1) is 0 Å². The van der Waals surface area contributed by atoms with E-state index in [2.05, 4.69) is 9.97 Å². The number of aliphatic hydroxyl groups is 1. The van der Waals surface area contributed by atoms with Gasteiger partial charge in [0.05, 0.1) is 17.2 Å². The molecule has 0 aliphatic carbocycles. The highest BCUT2D eigenvalue weighted by atomic mass is 35.5. The Labute approximate surface area is 114 Å². The lowest BCUT2D eigenvalue weighted by Crippen LogP contribution is -2.06. The van der Waals surface area contributed by atoms with Crippen LogP contribution in [-0.4, -0.2) is 22.2 Å². The van der Waals surface area contributed by atoms with Crippen LogP contribution in [0.5, 0.6) is 5.88 Å². The molecule has 0 aliphatic rings. The molecule has 1 heterocycles. The first-order valence-electron chi connectivity index (χ1n) is 5.12. The zero-order valence-corrected chi connectivity index (χ0v) is 11.0. The molecule has 94 valence electrons. The lowest BCUT2D eigenvalue weighted by Gasteiger charge is -2.14. The fourth-order valence-electron chi connectivity index (χ4n) is 1.56. The Morgan fingerprint density at radius 3 is 2.67 bits per heavy atom. The van der Waals surface area contributed by atoms with Gasteiger partial charge in [0.25, 0.3) is 0 Å². The Kier molecular flexibility index (Phi) is 4.01. The van der Waals surface area contributed by atoms with Gasteiger partial charge < -0.3 is 9.84 Å². The van der Waals surface area contributed by atoms with Crippen LogP contribution in [0.4, 0.5) is 0 Å². The maximum absolute atomic E-state index is 10.3. The molecule has 2 aromatic rings. The third-order valence-electron chi connectivity index (χ3n) is 2.42. The topological polar surface area (TPSA) is 55.2 Å². The lowest BCUT2D eigenvalue weighted by atomic mass is 10.1. The predicted octanol–water partition coefficient (Wildman–Crippen LogP) is 2.87. The minimum Gasteiger partial charge on any atom is -0.480 e. The second kappa shape index (κ2) is 5.52. The van der Waals surface area contributed by atoms with Crippen LogP contribution in [0.3, 0.4) is 0 Å². The quantitative estimate of drug-likeness (QED) is 0.942. The Morgan fingerprint density at radius 2 is 1.94 bits per heavy atom. The van der Waals surface area contributed by atoms with E-state index in [-0.39, 0.29) is 5.88 Å². The minimum absolute atomic E-state index is 0.251. The van der Waals surface area contributed by atoms with E-state index in [1.54, 1.807) is 18.2 Å². The van der Waals surface area contributed by atoms with E-state index in [0.717, 1.165) is 0 Å². The fraction of sp³-hybridized carbons (Fsp3) is 0.167. The van der Waals surface area contributed by atoms with Gasteiger partial charge in [-0.1, -0.05) is 35.3 Å². The van der Waals surface area contributed by atoms with Crippen molar-refractivity contribution in [3.05, 3.63) is 51.9 Å². The van der Waals surface area contributed by atoms with Crippen molar-refractivity contribution in [2.24, 2.45) is 0 Å². The van der Waals surface area contributed by atoms with Gasteiger partial charge in [-0.2, -0.15) is 0 Å². The van der Waals surface area contributed by atoms with Gasteiger partial charge in [0, 0.05) is 18.0 Å². The molecule has 1 unspecified atom stereocenters. The van der Waals surface area contributed by atoms with Crippen LogP contribution >= 0.6 is 23.2 Å². The maximum atomic E-state index is 10.3. The number of nitrogens with zero attached hydrogens (tertiary/aromatic N) is 2. The summed E-state index contributed by atoms with van der Waals surface area (Å²) >= 11 is 12.0. The highest BCUT2D eigenvalue weighted by Gasteiger charge is 2.21. The molecular weight excluding hydrogens is 275 g/mol. The van der Waals surface area contributed by atoms with Crippen molar-refractivity contribution in [2.45, 2.75) is 6.10 Å². The van der Waals surface area contributed by atoms with Crippen LogP contribution in [-0.2, 0) is 0 Å². The van der Waals surface area contributed by atoms with Gasteiger partial charge in [-0.3, -0.25) is 4.98 Å². The van der Waals surface area contributed by atoms with Crippen LogP contribution in [0.15, 0.2) is 30.6 Å². The fourth-order valence-corrected chi connectivity index (χ4v) is 1.97. The van der Waals surface area contributed by atoms with Crippen molar-refractivity contribution in [2.75, 3.05) is 7.11 Å². The van der Waals surface area contributed by atoms with E-state index in [0.29, 0.717) is 21.3 Å². The number of rotatable bonds is 3. The number of methoxy groups -OCH3 is 1. The highest BCUT2D eigenvalue weighted by molar-refractivity contribution is 6.42. The second-order valence-corrected chi connectivity index (χ2v) is 4.28. The number of hydrogen-bond acceptors (Lipinski definition) is 4. The Bertz CT molecular complexity index is 564. The maximum Gasteiger partial charge on any atom is 0.238 e. The molecule has 6 heteroatoms. The first-order chi connectivity index (χ1) is 8.65. The number of halogens is 2. The van der Waals surface area contributed by atoms with Gasteiger partial charge in [-0.15, -0.1) is 0 Å². The summed E-state index contributed by atoms with van der Waals surface area (Å²) in [5, 5.41) is 10.9. The Morgan fingerprint density at radius 1 is 1.22 bits per heavy atom. The first-order valence-corrected chi connectivity index (χ1v) is 5.87. The second-order valence-electron chi connectivity index (χ2n) is 3.50. The summed E-state index contributed by atoms with van der Waals surface area (Å²) in [4.78, 5) is 8.03. The molecule has 0 fully saturated rings. The average molecular weight is 285 g/mol. The van der Waals surface area contributed by atoms with E-state index in [9.17, 15) is 5.11 Å². The molecule has 0 saturated carbocycles. The van der Waals surface area contributed by atoms with Crippen LogP contribution in [0.2, 0.25) is 10.0 Å². The van der Waals surface area contributed by atoms with Crippen LogP contribution in [0.25, 0.3) is 0 Å². The zero-order chi connectivity index (χ0) is 13.1. The standard InChI is InChI=1S/C12H10Cl2N2O2/c1-18-12-10(15-5-6-16-12)11(17)7-3-2-4-8(13)9(7)14/h2-6,11,17H,1H3. The van der Waals surface area contributed by atoms with Gasteiger partial charge in [-0.05, 0) is 6.07 Å². The number of aliphatic hydroxyl groups excluding tert-OH is 1. The van der Waals surface area contributed by atoms with Gasteiger partial charge in [-0.25, -0.2) is 4.98 Å². The smallest absolute Gasteiger partial charge is 0.238 e. The van der Waals surface area contributed by atoms with Crippen molar-refractivity contribution >= 4 is 23.2 Å². The largest absolute Gasteiger partial charge is 0.480 e. The van der Waals surface area contributed by atoms with Gasteiger partial charge in [0.15, 0.2) is 0 Å². The molecule has 18 heavy (non-hydrogen) atoms. The molecule has 4 nitrogen and oxygen atoms in total. The third-order valence-corrected chi connectivity index (χ3v) is 3.25. The van der Waals surface area contributed by atoms with Crippen LogP contribution < -0.4 is 4.74 Å². The summed E-state index contributed by atoms with van der Waals surface area (Å²) in [6, 6.07) is 5.02. The van der Waals surface area contributed by atoms with Gasteiger partial charge in [0.1, 0.15) is 11.8 Å². The van der Waals surface area contributed by atoms with E-state index in [1.807, 2.05) is 0 Å². The monoisotopic (exact) mass is 284 g/mol. The molecular formula is C12H10Cl2N2O2. The molecule has 0 radical (unpaired) electrons. The average Bonchev–Trinajstić information content (AvgIpc) is 2.41. The normalized spacial score (nSPS) is 12.2. The molecule has 0 saturated heterocycles. The summed E-state index contributed by atoms with van der Waals surface area (Å²) in [5.74, 6) is 0.251. The van der Waals surface area contributed by atoms with Gasteiger partial charge in [0.2, 0.25) is 5.88 Å². The predicted molar refractivity (Wildman–Crippen MR) is 69.1 cm³/mol. The summed E-state index contributed by atoms with van der Waals surface area (Å²) in [6.07, 6.45) is 1.91. The number of ether oxygens (including phenoxy) is 1. The van der Waals surface area contributed by atoms with E-state index >= 15 is 0 Å². The molecule has 1 N–H and O–H groups in total.